The van der Waals surface area contributed by atoms with Gasteiger partial charge in [-0.3, -0.25) is 4.79 Å². The Kier molecular flexibility index (Phi) is 3.88. The van der Waals surface area contributed by atoms with Crippen LogP contribution in [0.25, 0.3) is 10.9 Å². The number of aromatic amines is 1. The number of aliphatic carboxylic acids is 1. The first-order valence-corrected chi connectivity index (χ1v) is 7.10. The van der Waals surface area contributed by atoms with Crippen molar-refractivity contribution in [2.75, 3.05) is 6.54 Å². The molecule has 3 N–H and O–H groups in total. The lowest BCUT2D eigenvalue weighted by Gasteiger charge is -2.16. The van der Waals surface area contributed by atoms with E-state index in [0.717, 1.165) is 16.5 Å². The molecule has 0 aliphatic heterocycles. The third kappa shape index (κ3) is 3.06. The molecule has 4 nitrogen and oxygen atoms in total. The number of carboxylic acids is 1. The lowest BCUT2D eigenvalue weighted by Crippen LogP contribution is -2.40. The van der Waals surface area contributed by atoms with Crippen LogP contribution < -0.4 is 5.32 Å². The van der Waals surface area contributed by atoms with Crippen molar-refractivity contribution in [3.8, 4) is 0 Å². The van der Waals surface area contributed by atoms with Gasteiger partial charge in [0, 0.05) is 36.0 Å². The van der Waals surface area contributed by atoms with E-state index in [1.165, 1.54) is 0 Å². The summed E-state index contributed by atoms with van der Waals surface area (Å²) >= 11 is 0. The SMILES string of the molecule is O=C(O)[C@H](Cc1c[nH]c2ccccc12)NCC1C=CC=C1. The van der Waals surface area contributed by atoms with E-state index in [4.69, 9.17) is 0 Å². The molecule has 0 saturated heterocycles. The summed E-state index contributed by atoms with van der Waals surface area (Å²) in [5.41, 5.74) is 2.07. The number of rotatable bonds is 6. The van der Waals surface area contributed by atoms with E-state index in [-0.39, 0.29) is 5.92 Å². The van der Waals surface area contributed by atoms with Crippen LogP contribution >= 0.6 is 0 Å². The van der Waals surface area contributed by atoms with Gasteiger partial charge in [-0.15, -0.1) is 0 Å². The van der Waals surface area contributed by atoms with Gasteiger partial charge in [0.2, 0.25) is 0 Å². The molecular formula is C17H18N2O2. The molecule has 0 radical (unpaired) electrons. The van der Waals surface area contributed by atoms with Crippen molar-refractivity contribution in [1.29, 1.82) is 0 Å². The minimum Gasteiger partial charge on any atom is -0.480 e. The Labute approximate surface area is 123 Å². The van der Waals surface area contributed by atoms with Gasteiger partial charge in [0.1, 0.15) is 6.04 Å². The highest BCUT2D eigenvalue weighted by Crippen LogP contribution is 2.19. The number of carbonyl (C=O) groups is 1. The number of H-pyrrole nitrogens is 1. The van der Waals surface area contributed by atoms with Gasteiger partial charge in [0.25, 0.3) is 0 Å². The predicted octanol–water partition coefficient (Wildman–Crippen LogP) is 2.50. The summed E-state index contributed by atoms with van der Waals surface area (Å²) in [5.74, 6) is -0.527. The molecule has 108 valence electrons. The highest BCUT2D eigenvalue weighted by Gasteiger charge is 2.20. The maximum absolute atomic E-state index is 11.5. The van der Waals surface area contributed by atoms with Gasteiger partial charge in [0.05, 0.1) is 0 Å². The van der Waals surface area contributed by atoms with E-state index >= 15 is 0 Å². The van der Waals surface area contributed by atoms with Crippen molar-refractivity contribution in [2.45, 2.75) is 12.5 Å². The molecular weight excluding hydrogens is 264 g/mol. The van der Waals surface area contributed by atoms with E-state index in [1.807, 2.05) is 42.6 Å². The summed E-state index contributed by atoms with van der Waals surface area (Å²) in [6.45, 7) is 0.645. The van der Waals surface area contributed by atoms with Crippen LogP contribution in [0, 0.1) is 5.92 Å². The second-order valence-corrected chi connectivity index (χ2v) is 5.30. The number of para-hydroxylation sites is 1. The minimum absolute atomic E-state index is 0.287. The molecule has 0 fully saturated rings. The Morgan fingerprint density at radius 3 is 2.81 bits per heavy atom. The summed E-state index contributed by atoms with van der Waals surface area (Å²) in [6, 6.07) is 7.37. The third-order valence-electron chi connectivity index (χ3n) is 3.82. The molecule has 2 aromatic rings. The second kappa shape index (κ2) is 5.97. The molecule has 4 heteroatoms. The smallest absolute Gasteiger partial charge is 0.321 e. The third-order valence-corrected chi connectivity index (χ3v) is 3.82. The Bertz CT molecular complexity index is 688. The van der Waals surface area contributed by atoms with Crippen molar-refractivity contribution in [3.05, 3.63) is 60.3 Å². The van der Waals surface area contributed by atoms with Crippen LogP contribution in [0.3, 0.4) is 0 Å². The maximum Gasteiger partial charge on any atom is 0.321 e. The zero-order valence-corrected chi connectivity index (χ0v) is 11.6. The summed E-state index contributed by atoms with van der Waals surface area (Å²) in [6.07, 6.45) is 10.5. The zero-order chi connectivity index (χ0) is 14.7. The number of benzene rings is 1. The molecule has 0 spiro atoms. The molecule has 1 heterocycles. The number of allylic oxidation sites excluding steroid dienone is 2. The van der Waals surface area contributed by atoms with Gasteiger partial charge in [-0.05, 0) is 11.6 Å². The van der Waals surface area contributed by atoms with Gasteiger partial charge >= 0.3 is 5.97 Å². The molecule has 0 unspecified atom stereocenters. The number of carboxylic acid groups (broad SMARTS) is 1. The zero-order valence-electron chi connectivity index (χ0n) is 11.6. The Hall–Kier alpha value is -2.33. The van der Waals surface area contributed by atoms with Crippen LogP contribution in [0.5, 0.6) is 0 Å². The molecule has 3 rings (SSSR count). The van der Waals surface area contributed by atoms with Crippen LogP contribution in [0.4, 0.5) is 0 Å². The van der Waals surface area contributed by atoms with Gasteiger partial charge < -0.3 is 15.4 Å². The first-order chi connectivity index (χ1) is 10.2. The highest BCUT2D eigenvalue weighted by molar-refractivity contribution is 5.84. The summed E-state index contributed by atoms with van der Waals surface area (Å²) < 4.78 is 0. The van der Waals surface area contributed by atoms with Crippen molar-refractivity contribution < 1.29 is 9.90 Å². The number of hydrogen-bond acceptors (Lipinski definition) is 2. The summed E-state index contributed by atoms with van der Waals surface area (Å²) in [4.78, 5) is 14.6. The molecule has 0 bridgehead atoms. The van der Waals surface area contributed by atoms with E-state index in [1.54, 1.807) is 0 Å². The van der Waals surface area contributed by atoms with E-state index < -0.39 is 12.0 Å². The van der Waals surface area contributed by atoms with Crippen LogP contribution in [0.15, 0.2) is 54.8 Å². The Morgan fingerprint density at radius 2 is 2.05 bits per heavy atom. The Morgan fingerprint density at radius 1 is 1.29 bits per heavy atom. The average molecular weight is 282 g/mol. The maximum atomic E-state index is 11.5. The molecule has 1 atom stereocenters. The molecule has 0 amide bonds. The summed E-state index contributed by atoms with van der Waals surface area (Å²) in [7, 11) is 0. The lowest BCUT2D eigenvalue weighted by atomic mass is 10.0. The quantitative estimate of drug-likeness (QED) is 0.762. The van der Waals surface area contributed by atoms with Crippen LogP contribution in [-0.4, -0.2) is 28.6 Å². The van der Waals surface area contributed by atoms with Gasteiger partial charge in [0.15, 0.2) is 0 Å². The fraction of sp³-hybridized carbons (Fsp3) is 0.235. The van der Waals surface area contributed by atoms with E-state index in [9.17, 15) is 9.90 Å². The van der Waals surface area contributed by atoms with Gasteiger partial charge in [-0.1, -0.05) is 42.5 Å². The molecule has 1 aliphatic rings. The monoisotopic (exact) mass is 282 g/mol. The standard InChI is InChI=1S/C17H18N2O2/c20-17(21)16(18-10-12-5-1-2-6-12)9-13-11-19-15-8-4-3-7-14(13)15/h1-8,11-12,16,18-19H,9-10H2,(H,20,21)/t16-/m0/s1. The number of fused-ring (bicyclic) bond motifs is 1. The molecule has 1 aliphatic carbocycles. The summed E-state index contributed by atoms with van der Waals surface area (Å²) in [5, 5.41) is 13.6. The molecule has 21 heavy (non-hydrogen) atoms. The number of aromatic nitrogens is 1. The highest BCUT2D eigenvalue weighted by atomic mass is 16.4. The lowest BCUT2D eigenvalue weighted by molar-refractivity contribution is -0.139. The molecule has 1 aromatic heterocycles. The minimum atomic E-state index is -0.814. The Balaban J connectivity index is 1.71. The van der Waals surface area contributed by atoms with Crippen LogP contribution in [0.1, 0.15) is 5.56 Å². The van der Waals surface area contributed by atoms with Gasteiger partial charge in [-0.25, -0.2) is 0 Å². The van der Waals surface area contributed by atoms with Crippen molar-refractivity contribution in [2.24, 2.45) is 5.92 Å². The normalized spacial score (nSPS) is 15.8. The molecule has 0 saturated carbocycles. The first-order valence-electron chi connectivity index (χ1n) is 7.10. The molecule has 1 aromatic carbocycles. The number of hydrogen-bond donors (Lipinski definition) is 3. The fourth-order valence-electron chi connectivity index (χ4n) is 2.66. The second-order valence-electron chi connectivity index (χ2n) is 5.30. The van der Waals surface area contributed by atoms with Crippen LogP contribution in [-0.2, 0) is 11.2 Å². The van der Waals surface area contributed by atoms with E-state index in [0.29, 0.717) is 13.0 Å². The average Bonchev–Trinajstić information content (AvgIpc) is 3.13. The van der Waals surface area contributed by atoms with Crippen molar-refractivity contribution in [1.82, 2.24) is 10.3 Å². The number of nitrogens with one attached hydrogen (secondary N) is 2. The predicted molar refractivity (Wildman–Crippen MR) is 83.2 cm³/mol. The van der Waals surface area contributed by atoms with Crippen LogP contribution in [0.2, 0.25) is 0 Å². The largest absolute Gasteiger partial charge is 0.480 e. The van der Waals surface area contributed by atoms with E-state index in [2.05, 4.69) is 22.5 Å². The van der Waals surface area contributed by atoms with Crippen molar-refractivity contribution in [3.63, 3.8) is 0 Å². The topological polar surface area (TPSA) is 65.1 Å². The fourth-order valence-corrected chi connectivity index (χ4v) is 2.66. The van der Waals surface area contributed by atoms with Gasteiger partial charge in [-0.2, -0.15) is 0 Å². The first kappa shape index (κ1) is 13.6. The van der Waals surface area contributed by atoms with Crippen molar-refractivity contribution >= 4 is 16.9 Å².